The maximum Gasteiger partial charge on any atom is 0.351 e. The number of hydrogen-bond donors (Lipinski definition) is 1. The van der Waals surface area contributed by atoms with Gasteiger partial charge in [-0.05, 0) is 19.1 Å². The number of carbonyl (C=O) groups is 1. The number of aromatic hydroxyl groups is 1. The van der Waals surface area contributed by atoms with Gasteiger partial charge in [-0.25, -0.2) is 13.2 Å². The molecule has 2 rings (SSSR count). The summed E-state index contributed by atoms with van der Waals surface area (Å²) in [5.41, 5.74) is 0.938. The molecule has 1 heterocycles. The Morgan fingerprint density at radius 3 is 2.40 bits per heavy atom. The fourth-order valence-corrected chi connectivity index (χ4v) is 4.24. The molecule has 0 bridgehead atoms. The lowest BCUT2D eigenvalue weighted by atomic mass is 10.2. The van der Waals surface area contributed by atoms with Crippen LogP contribution in [0.25, 0.3) is 0 Å². The van der Waals surface area contributed by atoms with Gasteiger partial charge in [0, 0.05) is 6.07 Å². The summed E-state index contributed by atoms with van der Waals surface area (Å²) in [6.07, 6.45) is 0. The molecule has 0 aliphatic carbocycles. The molecule has 0 atom stereocenters. The molecule has 0 saturated carbocycles. The minimum absolute atomic E-state index is 0.0979. The average molecular weight is 312 g/mol. The number of hydrogen-bond acceptors (Lipinski definition) is 6. The zero-order chi connectivity index (χ0) is 14.9. The Morgan fingerprint density at radius 2 is 1.85 bits per heavy atom. The summed E-state index contributed by atoms with van der Waals surface area (Å²) in [5.74, 6) is -1.16. The van der Waals surface area contributed by atoms with Gasteiger partial charge in [0.1, 0.15) is 9.96 Å². The second kappa shape index (κ2) is 5.26. The third-order valence-corrected chi connectivity index (χ3v) is 6.00. The van der Waals surface area contributed by atoms with Crippen LogP contribution in [0.1, 0.15) is 15.2 Å². The van der Waals surface area contributed by atoms with Gasteiger partial charge < -0.3 is 9.84 Å². The summed E-state index contributed by atoms with van der Waals surface area (Å²) in [4.78, 5) is 11.4. The number of aryl methyl sites for hydroxylation is 1. The van der Waals surface area contributed by atoms with Gasteiger partial charge in [-0.3, -0.25) is 0 Å². The first-order valence-electron chi connectivity index (χ1n) is 5.59. The van der Waals surface area contributed by atoms with Crippen LogP contribution in [-0.4, -0.2) is 26.6 Å². The molecule has 0 spiro atoms. The fourth-order valence-electron chi connectivity index (χ4n) is 1.56. The highest BCUT2D eigenvalue weighted by Crippen LogP contribution is 2.35. The third kappa shape index (κ3) is 2.54. The molecule has 0 unspecified atom stereocenters. The average Bonchev–Trinajstić information content (AvgIpc) is 2.81. The van der Waals surface area contributed by atoms with Gasteiger partial charge >= 0.3 is 5.97 Å². The number of carbonyl (C=O) groups excluding carboxylic acids is 1. The van der Waals surface area contributed by atoms with E-state index in [2.05, 4.69) is 4.74 Å². The molecule has 5 nitrogen and oxygen atoms in total. The van der Waals surface area contributed by atoms with Gasteiger partial charge in [-0.1, -0.05) is 17.7 Å². The van der Waals surface area contributed by atoms with E-state index < -0.39 is 21.6 Å². The maximum absolute atomic E-state index is 12.4. The Kier molecular flexibility index (Phi) is 3.82. The largest absolute Gasteiger partial charge is 0.506 e. The molecule has 1 N–H and O–H groups in total. The van der Waals surface area contributed by atoms with Crippen LogP contribution in [0, 0.1) is 6.92 Å². The number of thiophene rings is 1. The van der Waals surface area contributed by atoms with Crippen molar-refractivity contribution in [2.75, 3.05) is 7.11 Å². The number of rotatable bonds is 3. The molecule has 0 saturated heterocycles. The molecule has 0 fully saturated rings. The van der Waals surface area contributed by atoms with Gasteiger partial charge in [-0.2, -0.15) is 0 Å². The van der Waals surface area contributed by atoms with E-state index in [9.17, 15) is 18.3 Å². The van der Waals surface area contributed by atoms with Gasteiger partial charge in [-0.15, -0.1) is 11.3 Å². The number of methoxy groups -OCH3 is 1. The van der Waals surface area contributed by atoms with E-state index in [0.29, 0.717) is 11.3 Å². The number of sulfone groups is 1. The van der Waals surface area contributed by atoms with E-state index in [1.165, 1.54) is 12.1 Å². The Balaban J connectivity index is 2.50. The minimum atomic E-state index is -3.75. The lowest BCUT2D eigenvalue weighted by Crippen LogP contribution is -2.00. The molecule has 0 amide bonds. The summed E-state index contributed by atoms with van der Waals surface area (Å²) in [5, 5.41) is 9.63. The lowest BCUT2D eigenvalue weighted by molar-refractivity contribution is 0.0603. The molecule has 0 aliphatic heterocycles. The van der Waals surface area contributed by atoms with Crippen molar-refractivity contribution in [1.29, 1.82) is 0 Å². The predicted molar refractivity (Wildman–Crippen MR) is 74.0 cm³/mol. The van der Waals surface area contributed by atoms with Crippen LogP contribution in [0.3, 0.4) is 0 Å². The van der Waals surface area contributed by atoms with Crippen molar-refractivity contribution < 1.29 is 23.1 Å². The molecule has 1 aromatic carbocycles. The summed E-state index contributed by atoms with van der Waals surface area (Å²) < 4.78 is 29.1. The standard InChI is InChI=1S/C13H12O5S2/c1-8-3-5-9(6-4-8)20(16,17)11-7-10(14)12(19-11)13(15)18-2/h3-7,14H,1-2H3. The first kappa shape index (κ1) is 14.5. The molecule has 0 radical (unpaired) electrons. The van der Waals surface area contributed by atoms with Gasteiger partial charge in [0.15, 0.2) is 4.88 Å². The van der Waals surface area contributed by atoms with Crippen molar-refractivity contribution in [3.05, 3.63) is 40.8 Å². The van der Waals surface area contributed by atoms with Crippen LogP contribution in [-0.2, 0) is 14.6 Å². The van der Waals surface area contributed by atoms with E-state index in [0.717, 1.165) is 18.7 Å². The van der Waals surface area contributed by atoms with Crippen LogP contribution in [0.5, 0.6) is 5.75 Å². The predicted octanol–water partition coefficient (Wildman–Crippen LogP) is 2.38. The minimum Gasteiger partial charge on any atom is -0.506 e. The van der Waals surface area contributed by atoms with Gasteiger partial charge in [0.05, 0.1) is 12.0 Å². The van der Waals surface area contributed by atoms with Crippen LogP contribution in [0.2, 0.25) is 0 Å². The topological polar surface area (TPSA) is 80.7 Å². The zero-order valence-corrected chi connectivity index (χ0v) is 12.4. The van der Waals surface area contributed by atoms with E-state index in [4.69, 9.17) is 0 Å². The monoisotopic (exact) mass is 312 g/mol. The summed E-state index contributed by atoms with van der Waals surface area (Å²) in [7, 11) is -2.59. The van der Waals surface area contributed by atoms with Crippen LogP contribution in [0.4, 0.5) is 0 Å². The van der Waals surface area contributed by atoms with E-state index >= 15 is 0 Å². The highest BCUT2D eigenvalue weighted by Gasteiger charge is 2.25. The first-order chi connectivity index (χ1) is 9.36. The van der Waals surface area contributed by atoms with Crippen LogP contribution in [0.15, 0.2) is 39.4 Å². The van der Waals surface area contributed by atoms with Crippen LogP contribution >= 0.6 is 11.3 Å². The SMILES string of the molecule is COC(=O)c1sc(S(=O)(=O)c2ccc(C)cc2)cc1O. The highest BCUT2D eigenvalue weighted by molar-refractivity contribution is 7.93. The summed E-state index contributed by atoms with van der Waals surface area (Å²) in [6.45, 7) is 1.85. The molecule has 1 aromatic heterocycles. The summed E-state index contributed by atoms with van der Waals surface area (Å²) in [6, 6.07) is 7.40. The van der Waals surface area contributed by atoms with Gasteiger partial charge in [0.25, 0.3) is 0 Å². The second-order valence-corrected chi connectivity index (χ2v) is 7.32. The van der Waals surface area contributed by atoms with Crippen molar-refractivity contribution in [2.45, 2.75) is 16.0 Å². The Hall–Kier alpha value is -1.86. The quantitative estimate of drug-likeness (QED) is 0.880. The smallest absolute Gasteiger partial charge is 0.351 e. The van der Waals surface area contributed by atoms with Crippen molar-refractivity contribution in [3.8, 4) is 5.75 Å². The van der Waals surface area contributed by atoms with E-state index in [-0.39, 0.29) is 14.0 Å². The molecule has 20 heavy (non-hydrogen) atoms. The highest BCUT2D eigenvalue weighted by atomic mass is 32.2. The normalized spacial score (nSPS) is 11.3. The first-order valence-corrected chi connectivity index (χ1v) is 7.89. The van der Waals surface area contributed by atoms with Gasteiger partial charge in [0.2, 0.25) is 9.84 Å². The molecule has 7 heteroatoms. The zero-order valence-electron chi connectivity index (χ0n) is 10.8. The fraction of sp³-hybridized carbons (Fsp3) is 0.154. The molecular formula is C13H12O5S2. The molecule has 106 valence electrons. The molecular weight excluding hydrogens is 300 g/mol. The number of benzene rings is 1. The van der Waals surface area contributed by atoms with Crippen molar-refractivity contribution in [1.82, 2.24) is 0 Å². The Bertz CT molecular complexity index is 742. The lowest BCUT2D eigenvalue weighted by Gasteiger charge is -2.01. The third-order valence-electron chi connectivity index (χ3n) is 2.66. The Labute approximate surface area is 120 Å². The number of ether oxygens (including phenoxy) is 1. The second-order valence-electron chi connectivity index (χ2n) is 4.09. The van der Waals surface area contributed by atoms with Crippen molar-refractivity contribution >= 4 is 27.1 Å². The van der Waals surface area contributed by atoms with Crippen molar-refractivity contribution in [3.63, 3.8) is 0 Å². The molecule has 2 aromatic rings. The van der Waals surface area contributed by atoms with E-state index in [1.54, 1.807) is 12.1 Å². The van der Waals surface area contributed by atoms with Crippen molar-refractivity contribution in [2.24, 2.45) is 0 Å². The molecule has 0 aliphatic rings. The van der Waals surface area contributed by atoms with E-state index in [1.807, 2.05) is 6.92 Å². The van der Waals surface area contributed by atoms with Crippen LogP contribution < -0.4 is 0 Å². The maximum atomic E-state index is 12.4. The Morgan fingerprint density at radius 1 is 1.25 bits per heavy atom. The number of esters is 1. The summed E-state index contributed by atoms with van der Waals surface area (Å²) >= 11 is 0.686.